The number of rotatable bonds is 8. The van der Waals surface area contributed by atoms with Crippen molar-refractivity contribution in [2.24, 2.45) is 0 Å². The van der Waals surface area contributed by atoms with E-state index < -0.39 is 37.0 Å². The van der Waals surface area contributed by atoms with Crippen molar-refractivity contribution < 1.29 is 36.2 Å². The highest BCUT2D eigenvalue weighted by molar-refractivity contribution is 5.97. The van der Waals surface area contributed by atoms with Gasteiger partial charge in [-0.3, -0.25) is 4.79 Å². The summed E-state index contributed by atoms with van der Waals surface area (Å²) in [5, 5.41) is 20.2. The number of carbonyl (C=O) groups excluding carboxylic acids is 1. The highest BCUT2D eigenvalue weighted by Gasteiger charge is 2.48. The lowest BCUT2D eigenvalue weighted by molar-refractivity contribution is -0.169. The minimum absolute atomic E-state index is 0.0335. The third-order valence-corrected chi connectivity index (χ3v) is 6.75. The molecule has 1 atom stereocenters. The van der Waals surface area contributed by atoms with Crippen molar-refractivity contribution in [2.75, 3.05) is 37.0 Å². The molecule has 2 aliphatic heterocycles. The number of anilines is 3. The fourth-order valence-electron chi connectivity index (χ4n) is 4.83. The van der Waals surface area contributed by atoms with Gasteiger partial charge < -0.3 is 25.0 Å². The van der Waals surface area contributed by atoms with Gasteiger partial charge in [0.25, 0.3) is 12.3 Å². The number of fused-ring (bicyclic) bond motifs is 1. The number of likely N-dealkylation sites (tertiary alicyclic amines) is 1. The largest absolute Gasteiger partial charge is 0.471 e. The molecule has 2 fully saturated rings. The van der Waals surface area contributed by atoms with Gasteiger partial charge in [0.2, 0.25) is 5.88 Å². The van der Waals surface area contributed by atoms with E-state index in [1.165, 1.54) is 22.8 Å². The third-order valence-electron chi connectivity index (χ3n) is 6.75. The number of hydrogen-bond donors (Lipinski definition) is 2. The van der Waals surface area contributed by atoms with E-state index in [4.69, 9.17) is 9.47 Å². The van der Waals surface area contributed by atoms with E-state index in [9.17, 15) is 32.0 Å². The number of alkyl halides is 5. The Bertz CT molecular complexity index is 1450. The van der Waals surface area contributed by atoms with Gasteiger partial charge in [0, 0.05) is 31.9 Å². The van der Waals surface area contributed by atoms with Gasteiger partial charge in [0.15, 0.2) is 17.9 Å². The van der Waals surface area contributed by atoms with Crippen molar-refractivity contribution in [3.63, 3.8) is 0 Å². The lowest BCUT2D eigenvalue weighted by Gasteiger charge is -2.27. The number of carbonyl (C=O) groups is 1. The van der Waals surface area contributed by atoms with Gasteiger partial charge in [0.1, 0.15) is 29.3 Å². The van der Waals surface area contributed by atoms with E-state index in [1.807, 2.05) is 6.07 Å². The number of amides is 1. The lowest BCUT2D eigenvalue weighted by atomic mass is 10.1. The normalized spacial score (nSPS) is 18.1. The van der Waals surface area contributed by atoms with E-state index in [0.29, 0.717) is 29.6 Å². The van der Waals surface area contributed by atoms with Crippen LogP contribution in [0, 0.1) is 11.3 Å². The van der Waals surface area contributed by atoms with E-state index in [0.717, 1.165) is 12.8 Å². The predicted molar refractivity (Wildman–Crippen MR) is 134 cm³/mol. The van der Waals surface area contributed by atoms with Crippen molar-refractivity contribution in [1.29, 1.82) is 5.26 Å². The van der Waals surface area contributed by atoms with Crippen LogP contribution in [0.2, 0.25) is 0 Å². The number of ether oxygens (including phenoxy) is 2. The van der Waals surface area contributed by atoms with E-state index in [1.54, 1.807) is 6.07 Å². The first-order valence-electron chi connectivity index (χ1n) is 12.8. The average Bonchev–Trinajstić information content (AvgIpc) is 3.60. The molecule has 5 heterocycles. The Balaban J connectivity index is 1.47. The lowest BCUT2D eigenvalue weighted by Crippen LogP contribution is -2.44. The van der Waals surface area contributed by atoms with Gasteiger partial charge in [-0.15, -0.1) is 5.10 Å². The maximum atomic E-state index is 13.5. The Morgan fingerprint density at radius 3 is 2.71 bits per heavy atom. The molecule has 3 aromatic rings. The maximum absolute atomic E-state index is 13.5. The van der Waals surface area contributed by atoms with Gasteiger partial charge in [-0.1, -0.05) is 0 Å². The Morgan fingerprint density at radius 2 is 2.00 bits per heavy atom. The standard InChI is InChI=1S/C25H25F5N8O3/c26-19(27)13-41-23-16(24(39)37-7-1-2-18(37)25(28,29)30)3-4-20(35-23)34-17-10-21(33-14-5-8-40-9-6-14)36-38-15(11-31)12-32-22(17)38/h3-4,10,12,14,18-19H,1-2,5-9,13H2,(H,33,36)(H,34,35). The van der Waals surface area contributed by atoms with E-state index in [2.05, 4.69) is 25.7 Å². The Morgan fingerprint density at radius 1 is 1.22 bits per heavy atom. The zero-order valence-electron chi connectivity index (χ0n) is 21.5. The molecule has 0 aliphatic carbocycles. The van der Waals surface area contributed by atoms with Crippen molar-refractivity contribution in [3.8, 4) is 11.9 Å². The predicted octanol–water partition coefficient (Wildman–Crippen LogP) is 4.14. The van der Waals surface area contributed by atoms with Gasteiger partial charge in [-0.25, -0.2) is 13.8 Å². The van der Waals surface area contributed by atoms with Crippen LogP contribution in [0.3, 0.4) is 0 Å². The Hall–Kier alpha value is -4.26. The zero-order chi connectivity index (χ0) is 29.1. The molecule has 1 amide bonds. The van der Waals surface area contributed by atoms with Crippen LogP contribution in [0.5, 0.6) is 5.88 Å². The summed E-state index contributed by atoms with van der Waals surface area (Å²) >= 11 is 0. The smallest absolute Gasteiger partial charge is 0.408 e. The molecule has 2 saturated heterocycles. The number of nitriles is 1. The molecular formula is C25H25F5N8O3. The molecule has 41 heavy (non-hydrogen) atoms. The summed E-state index contributed by atoms with van der Waals surface area (Å²) < 4.78 is 78.2. The molecular weight excluding hydrogens is 555 g/mol. The van der Waals surface area contributed by atoms with Gasteiger partial charge >= 0.3 is 6.18 Å². The van der Waals surface area contributed by atoms with Crippen LogP contribution < -0.4 is 15.4 Å². The molecule has 3 aromatic heterocycles. The molecule has 5 rings (SSSR count). The van der Waals surface area contributed by atoms with Crippen LogP contribution in [0.1, 0.15) is 41.7 Å². The molecule has 2 aliphatic rings. The first-order chi connectivity index (χ1) is 19.6. The molecule has 0 radical (unpaired) electrons. The fraction of sp³-hybridized carbons (Fsp3) is 0.480. The summed E-state index contributed by atoms with van der Waals surface area (Å²) in [6.07, 6.45) is -4.86. The topological polar surface area (TPSA) is 130 Å². The highest BCUT2D eigenvalue weighted by Crippen LogP contribution is 2.35. The summed E-state index contributed by atoms with van der Waals surface area (Å²) in [6, 6.07) is 4.20. The summed E-state index contributed by atoms with van der Waals surface area (Å²) in [4.78, 5) is 22.1. The summed E-state index contributed by atoms with van der Waals surface area (Å²) in [5.41, 5.74) is 0.361. The summed E-state index contributed by atoms with van der Waals surface area (Å²) in [7, 11) is 0. The number of halogens is 5. The number of pyridine rings is 1. The molecule has 2 N–H and O–H groups in total. The minimum atomic E-state index is -4.64. The van der Waals surface area contributed by atoms with Crippen LogP contribution in [-0.4, -0.2) is 81.4 Å². The first-order valence-corrected chi connectivity index (χ1v) is 12.8. The SMILES string of the molecule is N#Cc1cnc2c(Nc3ccc(C(=O)N4CCCC4C(F)(F)F)c(OCC(F)F)n3)cc(NC3CCOCC3)nn12. The van der Waals surface area contributed by atoms with Crippen molar-refractivity contribution in [1.82, 2.24) is 24.5 Å². The number of nitrogens with one attached hydrogen (secondary N) is 2. The van der Waals surface area contributed by atoms with Crippen LogP contribution in [-0.2, 0) is 4.74 Å². The van der Waals surface area contributed by atoms with Gasteiger partial charge in [0.05, 0.1) is 11.9 Å². The Kier molecular flexibility index (Phi) is 8.06. The fourth-order valence-corrected chi connectivity index (χ4v) is 4.83. The molecule has 0 aromatic carbocycles. The number of nitrogens with zero attached hydrogens (tertiary/aromatic N) is 6. The van der Waals surface area contributed by atoms with Crippen LogP contribution in [0.4, 0.5) is 39.3 Å². The quantitative estimate of drug-likeness (QED) is 0.378. The van der Waals surface area contributed by atoms with Gasteiger partial charge in [-0.05, 0) is 37.8 Å². The second kappa shape index (κ2) is 11.7. The highest BCUT2D eigenvalue weighted by atomic mass is 19.4. The summed E-state index contributed by atoms with van der Waals surface area (Å²) in [6.45, 7) is -0.103. The van der Waals surface area contributed by atoms with Crippen molar-refractivity contribution in [3.05, 3.63) is 35.7 Å². The molecule has 0 spiro atoms. The molecule has 218 valence electrons. The van der Waals surface area contributed by atoms with Gasteiger partial charge in [-0.2, -0.15) is 27.9 Å². The van der Waals surface area contributed by atoms with Crippen LogP contribution in [0.15, 0.2) is 24.4 Å². The number of imidazole rings is 1. The number of hydrogen-bond acceptors (Lipinski definition) is 9. The minimum Gasteiger partial charge on any atom is -0.471 e. The average molecular weight is 581 g/mol. The zero-order valence-corrected chi connectivity index (χ0v) is 21.5. The summed E-state index contributed by atoms with van der Waals surface area (Å²) in [5.74, 6) is -1.12. The molecule has 11 nitrogen and oxygen atoms in total. The third kappa shape index (κ3) is 6.24. The van der Waals surface area contributed by atoms with Crippen LogP contribution >= 0.6 is 0 Å². The monoisotopic (exact) mass is 580 g/mol. The molecule has 0 bridgehead atoms. The maximum Gasteiger partial charge on any atom is 0.408 e. The van der Waals surface area contributed by atoms with Crippen LogP contribution in [0.25, 0.3) is 5.65 Å². The van der Waals surface area contributed by atoms with Crippen molar-refractivity contribution >= 4 is 28.9 Å². The molecule has 1 unspecified atom stereocenters. The number of aromatic nitrogens is 4. The first kappa shape index (κ1) is 28.3. The second-order valence-corrected chi connectivity index (χ2v) is 9.54. The van der Waals surface area contributed by atoms with E-state index >= 15 is 0 Å². The van der Waals surface area contributed by atoms with Crippen molar-refractivity contribution in [2.45, 2.75) is 50.4 Å². The Labute approximate surface area is 230 Å². The molecule has 16 heteroatoms. The molecule has 0 saturated carbocycles. The van der Waals surface area contributed by atoms with E-state index in [-0.39, 0.29) is 48.2 Å². The second-order valence-electron chi connectivity index (χ2n) is 9.54.